The summed E-state index contributed by atoms with van der Waals surface area (Å²) < 4.78 is 5.54. The first kappa shape index (κ1) is 21.9. The molecule has 2 aromatic carbocycles. The quantitative estimate of drug-likeness (QED) is 0.353. The summed E-state index contributed by atoms with van der Waals surface area (Å²) in [7, 11) is 0. The van der Waals surface area contributed by atoms with Crippen LogP contribution in [0, 0.1) is 13.8 Å². The lowest BCUT2D eigenvalue weighted by atomic mass is 10.0. The largest absolute Gasteiger partial charge is 0.494 e. The number of pyridine rings is 1. The molecule has 0 aliphatic heterocycles. The van der Waals surface area contributed by atoms with Gasteiger partial charge in [0.15, 0.2) is 5.16 Å². The van der Waals surface area contributed by atoms with Crippen LogP contribution in [0.15, 0.2) is 59.8 Å². The molecule has 2 aromatic heterocycles. The molecule has 2 N–H and O–H groups in total. The molecule has 0 aliphatic rings. The van der Waals surface area contributed by atoms with Crippen molar-refractivity contribution in [3.63, 3.8) is 0 Å². The Morgan fingerprint density at radius 1 is 1.12 bits per heavy atom. The molecule has 0 saturated heterocycles. The topological polar surface area (TPSA) is 79.9 Å². The monoisotopic (exact) mass is 446 g/mol. The van der Waals surface area contributed by atoms with Crippen LogP contribution in [0.2, 0.25) is 0 Å². The molecule has 1 atom stereocenters. The molecule has 32 heavy (non-hydrogen) atoms. The molecule has 4 rings (SSSR count). The van der Waals surface area contributed by atoms with Gasteiger partial charge in [0.1, 0.15) is 11.6 Å². The summed E-state index contributed by atoms with van der Waals surface area (Å²) in [4.78, 5) is 25.2. The summed E-state index contributed by atoms with van der Waals surface area (Å²) in [6, 6.07) is 17.9. The minimum absolute atomic E-state index is 0.111. The molecular weight excluding hydrogens is 420 g/mol. The van der Waals surface area contributed by atoms with Gasteiger partial charge < -0.3 is 15.0 Å². The van der Waals surface area contributed by atoms with Crippen LogP contribution < -0.4 is 10.1 Å². The second kappa shape index (κ2) is 9.44. The first-order chi connectivity index (χ1) is 15.4. The highest BCUT2D eigenvalue weighted by atomic mass is 32.2. The number of aryl methyl sites for hydroxylation is 2. The first-order valence-electron chi connectivity index (χ1n) is 10.6. The van der Waals surface area contributed by atoms with E-state index < -0.39 is 0 Å². The minimum atomic E-state index is -0.341. The van der Waals surface area contributed by atoms with E-state index in [1.54, 1.807) is 0 Å². The van der Waals surface area contributed by atoms with Crippen molar-refractivity contribution in [3.05, 3.63) is 65.9 Å². The molecule has 0 spiro atoms. The van der Waals surface area contributed by atoms with Crippen molar-refractivity contribution in [1.29, 1.82) is 0 Å². The Balaban J connectivity index is 1.52. The molecule has 7 heteroatoms. The van der Waals surface area contributed by atoms with Crippen molar-refractivity contribution in [2.45, 2.75) is 38.1 Å². The summed E-state index contributed by atoms with van der Waals surface area (Å²) in [6.45, 7) is 8.37. The Morgan fingerprint density at radius 3 is 2.62 bits per heavy atom. The van der Waals surface area contributed by atoms with Gasteiger partial charge in [-0.25, -0.2) is 9.97 Å². The number of nitrogens with one attached hydrogen (secondary N) is 2. The maximum absolute atomic E-state index is 12.7. The zero-order chi connectivity index (χ0) is 22.7. The number of benzene rings is 2. The van der Waals surface area contributed by atoms with Crippen LogP contribution in [0.4, 0.5) is 5.82 Å². The number of fused-ring (bicyclic) bond motifs is 1. The molecule has 164 valence electrons. The highest BCUT2D eigenvalue weighted by molar-refractivity contribution is 8.00. The standard InChI is InChI=1S/C25H26N4O2S/c1-5-31-19-11-9-18(10-12-19)20-7-6-8-21-23(20)29-25(27-21)32-17(4)24(30)28-22-14-15(2)13-16(3)26-22/h6-14,17H,5H2,1-4H3,(H,27,29)(H,26,28,30). The highest BCUT2D eigenvalue weighted by Gasteiger charge is 2.18. The number of hydrogen-bond acceptors (Lipinski definition) is 5. The second-order valence-corrected chi connectivity index (χ2v) is 8.95. The van der Waals surface area contributed by atoms with Crippen LogP contribution in [-0.2, 0) is 4.79 Å². The Bertz CT molecular complexity index is 1230. The highest BCUT2D eigenvalue weighted by Crippen LogP contribution is 2.31. The summed E-state index contributed by atoms with van der Waals surface area (Å²) in [6.07, 6.45) is 0. The summed E-state index contributed by atoms with van der Waals surface area (Å²) in [5.74, 6) is 1.31. The summed E-state index contributed by atoms with van der Waals surface area (Å²) >= 11 is 1.39. The van der Waals surface area contributed by atoms with E-state index in [-0.39, 0.29) is 11.2 Å². The van der Waals surface area contributed by atoms with Crippen molar-refractivity contribution >= 4 is 34.5 Å². The van der Waals surface area contributed by atoms with Gasteiger partial charge in [-0.2, -0.15) is 0 Å². The molecule has 1 amide bonds. The summed E-state index contributed by atoms with van der Waals surface area (Å²) in [5.41, 5.74) is 5.88. The van der Waals surface area contributed by atoms with E-state index in [9.17, 15) is 4.79 Å². The molecule has 6 nitrogen and oxygen atoms in total. The SMILES string of the molecule is CCOc1ccc(-c2cccc3nc(SC(C)C(=O)Nc4cc(C)cc(C)n4)[nH]c23)cc1. The van der Waals surface area contributed by atoms with E-state index in [4.69, 9.17) is 9.72 Å². The fourth-order valence-electron chi connectivity index (χ4n) is 3.56. The van der Waals surface area contributed by atoms with Crippen molar-refractivity contribution in [1.82, 2.24) is 15.0 Å². The number of imidazole rings is 1. The fourth-order valence-corrected chi connectivity index (χ4v) is 4.37. The molecule has 0 saturated carbocycles. The number of thioether (sulfide) groups is 1. The maximum Gasteiger partial charge on any atom is 0.238 e. The van der Waals surface area contributed by atoms with Gasteiger partial charge in [-0.05, 0) is 69.2 Å². The third-order valence-corrected chi connectivity index (χ3v) is 5.96. The third kappa shape index (κ3) is 4.94. The average Bonchev–Trinajstić information content (AvgIpc) is 3.16. The van der Waals surface area contributed by atoms with E-state index >= 15 is 0 Å². The van der Waals surface area contributed by atoms with E-state index in [2.05, 4.69) is 21.4 Å². The van der Waals surface area contributed by atoms with Crippen LogP contribution in [0.25, 0.3) is 22.2 Å². The average molecular weight is 447 g/mol. The molecule has 0 aliphatic carbocycles. The van der Waals surface area contributed by atoms with Gasteiger partial charge in [0, 0.05) is 11.3 Å². The molecule has 4 aromatic rings. The summed E-state index contributed by atoms with van der Waals surface area (Å²) in [5, 5.41) is 3.27. The van der Waals surface area contributed by atoms with Crippen molar-refractivity contribution in [2.24, 2.45) is 0 Å². The molecule has 0 fully saturated rings. The number of aromatic nitrogens is 3. The Kier molecular flexibility index (Phi) is 6.46. The van der Waals surface area contributed by atoms with Crippen LogP contribution in [0.3, 0.4) is 0 Å². The molecular formula is C25H26N4O2S. The minimum Gasteiger partial charge on any atom is -0.494 e. The first-order valence-corrected chi connectivity index (χ1v) is 11.5. The fraction of sp³-hybridized carbons (Fsp3) is 0.240. The number of ether oxygens (including phenoxy) is 1. The van der Waals surface area contributed by atoms with E-state index in [1.807, 2.05) is 76.2 Å². The smallest absolute Gasteiger partial charge is 0.238 e. The van der Waals surface area contributed by atoms with Gasteiger partial charge in [0.2, 0.25) is 5.91 Å². The maximum atomic E-state index is 12.7. The van der Waals surface area contributed by atoms with Gasteiger partial charge in [0.05, 0.1) is 22.9 Å². The molecule has 2 heterocycles. The number of carbonyl (C=O) groups is 1. The van der Waals surface area contributed by atoms with E-state index in [1.165, 1.54) is 11.8 Å². The Labute approximate surface area is 191 Å². The number of H-pyrrole nitrogens is 1. The van der Waals surface area contributed by atoms with E-state index in [0.29, 0.717) is 17.6 Å². The lowest BCUT2D eigenvalue weighted by molar-refractivity contribution is -0.115. The normalized spacial score (nSPS) is 12.0. The lowest BCUT2D eigenvalue weighted by Gasteiger charge is -2.11. The van der Waals surface area contributed by atoms with Gasteiger partial charge in [0.25, 0.3) is 0 Å². The number of carbonyl (C=O) groups excluding carboxylic acids is 1. The van der Waals surface area contributed by atoms with Crippen molar-refractivity contribution in [2.75, 3.05) is 11.9 Å². The predicted octanol–water partition coefficient (Wildman–Crippen LogP) is 5.76. The number of para-hydroxylation sites is 1. The van der Waals surface area contributed by atoms with Gasteiger partial charge >= 0.3 is 0 Å². The predicted molar refractivity (Wildman–Crippen MR) is 130 cm³/mol. The molecule has 0 bridgehead atoms. The van der Waals surface area contributed by atoms with Crippen LogP contribution in [0.1, 0.15) is 25.1 Å². The van der Waals surface area contributed by atoms with Gasteiger partial charge in [-0.1, -0.05) is 36.0 Å². The number of nitrogens with zero attached hydrogens (tertiary/aromatic N) is 2. The van der Waals surface area contributed by atoms with Crippen LogP contribution >= 0.6 is 11.8 Å². The Morgan fingerprint density at radius 2 is 1.91 bits per heavy atom. The number of aromatic amines is 1. The number of amides is 1. The number of hydrogen-bond donors (Lipinski definition) is 2. The molecule has 0 radical (unpaired) electrons. The van der Waals surface area contributed by atoms with E-state index in [0.717, 1.165) is 39.2 Å². The number of anilines is 1. The third-order valence-electron chi connectivity index (χ3n) is 4.98. The van der Waals surface area contributed by atoms with Gasteiger partial charge in [-0.15, -0.1) is 0 Å². The Hall–Kier alpha value is -3.32. The zero-order valence-corrected chi connectivity index (χ0v) is 19.4. The second-order valence-electron chi connectivity index (χ2n) is 7.62. The molecule has 1 unspecified atom stereocenters. The number of rotatable bonds is 7. The lowest BCUT2D eigenvalue weighted by Crippen LogP contribution is -2.23. The van der Waals surface area contributed by atoms with Crippen molar-refractivity contribution < 1.29 is 9.53 Å². The van der Waals surface area contributed by atoms with Crippen LogP contribution in [-0.4, -0.2) is 32.7 Å². The zero-order valence-electron chi connectivity index (χ0n) is 18.6. The van der Waals surface area contributed by atoms with Crippen LogP contribution in [0.5, 0.6) is 5.75 Å². The van der Waals surface area contributed by atoms with Crippen molar-refractivity contribution in [3.8, 4) is 16.9 Å². The van der Waals surface area contributed by atoms with Gasteiger partial charge in [-0.3, -0.25) is 4.79 Å².